The summed E-state index contributed by atoms with van der Waals surface area (Å²) in [5, 5.41) is 2.55. The molecule has 5 aromatic carbocycles. The molecule has 0 saturated heterocycles. The molecule has 37 heavy (non-hydrogen) atoms. The molecule has 1 saturated carbocycles. The van der Waals surface area contributed by atoms with Crippen molar-refractivity contribution in [3.05, 3.63) is 132 Å². The Morgan fingerprint density at radius 2 is 1.27 bits per heavy atom. The molecule has 0 heterocycles. The van der Waals surface area contributed by atoms with E-state index in [4.69, 9.17) is 0 Å². The number of fused-ring (bicyclic) bond motifs is 5. The Labute approximate surface area is 219 Å². The van der Waals surface area contributed by atoms with Crippen molar-refractivity contribution in [2.75, 3.05) is 4.90 Å². The third-order valence-electron chi connectivity index (χ3n) is 8.67. The number of rotatable bonds is 4. The minimum atomic E-state index is 0.271. The van der Waals surface area contributed by atoms with E-state index >= 15 is 0 Å². The highest BCUT2D eigenvalue weighted by Crippen LogP contribution is 2.53. The predicted octanol–water partition coefficient (Wildman–Crippen LogP) is 10.2. The minimum absolute atomic E-state index is 0.271. The Hall–Kier alpha value is -4.10. The van der Waals surface area contributed by atoms with Crippen molar-refractivity contribution in [1.29, 1.82) is 0 Å². The molecule has 0 aromatic heterocycles. The van der Waals surface area contributed by atoms with Gasteiger partial charge in [-0.05, 0) is 101 Å². The zero-order valence-corrected chi connectivity index (χ0v) is 21.5. The van der Waals surface area contributed by atoms with E-state index in [1.54, 1.807) is 5.57 Å². The quantitative estimate of drug-likeness (QED) is 0.249. The van der Waals surface area contributed by atoms with Gasteiger partial charge in [0.25, 0.3) is 0 Å². The van der Waals surface area contributed by atoms with Gasteiger partial charge in [-0.2, -0.15) is 0 Å². The van der Waals surface area contributed by atoms with Crippen molar-refractivity contribution in [3.8, 4) is 11.1 Å². The first-order valence-corrected chi connectivity index (χ1v) is 13.4. The van der Waals surface area contributed by atoms with E-state index in [-0.39, 0.29) is 5.41 Å². The van der Waals surface area contributed by atoms with Crippen molar-refractivity contribution in [2.24, 2.45) is 0 Å². The molecule has 7 rings (SSSR count). The van der Waals surface area contributed by atoms with E-state index in [1.165, 1.54) is 63.5 Å². The summed E-state index contributed by atoms with van der Waals surface area (Å²) in [7, 11) is 0. The number of para-hydroxylation sites is 2. The normalized spacial score (nSPS) is 18.2. The highest BCUT2D eigenvalue weighted by molar-refractivity contribution is 6.06. The third-order valence-corrected chi connectivity index (χ3v) is 8.67. The van der Waals surface area contributed by atoms with Crippen molar-refractivity contribution in [3.63, 3.8) is 0 Å². The van der Waals surface area contributed by atoms with Crippen LogP contribution in [-0.4, -0.2) is 0 Å². The van der Waals surface area contributed by atoms with E-state index in [9.17, 15) is 0 Å². The predicted molar refractivity (Wildman–Crippen MR) is 158 cm³/mol. The van der Waals surface area contributed by atoms with Crippen LogP contribution in [0.1, 0.15) is 44.2 Å². The number of benzene rings is 5. The van der Waals surface area contributed by atoms with Crippen LogP contribution in [-0.2, 0) is 5.41 Å². The lowest BCUT2D eigenvalue weighted by Crippen LogP contribution is -2.21. The largest absolute Gasteiger partial charge is 0.310 e. The summed E-state index contributed by atoms with van der Waals surface area (Å²) in [6.45, 7) is 4.79. The molecule has 1 fully saturated rings. The highest BCUT2D eigenvalue weighted by atomic mass is 15.1. The van der Waals surface area contributed by atoms with Gasteiger partial charge in [-0.1, -0.05) is 91.4 Å². The molecule has 2 aliphatic carbocycles. The van der Waals surface area contributed by atoms with Gasteiger partial charge in [0.1, 0.15) is 0 Å². The monoisotopic (exact) mass is 477 g/mol. The fourth-order valence-electron chi connectivity index (χ4n) is 6.66. The van der Waals surface area contributed by atoms with E-state index in [1.807, 2.05) is 0 Å². The van der Waals surface area contributed by atoms with Crippen LogP contribution in [0.25, 0.3) is 27.5 Å². The van der Waals surface area contributed by atoms with Gasteiger partial charge in [0.15, 0.2) is 0 Å². The van der Waals surface area contributed by atoms with Crippen LogP contribution in [0.3, 0.4) is 0 Å². The number of hydrogen-bond donors (Lipinski definition) is 0. The Kier molecular flexibility index (Phi) is 5.08. The SMILES string of the molecule is CC1=C2CCC(C)(C2)c2cc(-c3ccc(N(c4ccccc4)c4ccccc4)c4ccccc34)ccc21. The maximum absolute atomic E-state index is 2.49. The van der Waals surface area contributed by atoms with Crippen LogP contribution in [0.2, 0.25) is 0 Å². The van der Waals surface area contributed by atoms with Gasteiger partial charge < -0.3 is 4.90 Å². The number of allylic oxidation sites excluding steroid dienone is 2. The summed E-state index contributed by atoms with van der Waals surface area (Å²) in [6.07, 6.45) is 3.73. The maximum atomic E-state index is 2.49. The van der Waals surface area contributed by atoms with E-state index in [0.717, 1.165) is 11.4 Å². The summed E-state index contributed by atoms with van der Waals surface area (Å²) < 4.78 is 0. The first kappa shape index (κ1) is 22.1. The van der Waals surface area contributed by atoms with Crippen LogP contribution in [0.5, 0.6) is 0 Å². The maximum Gasteiger partial charge on any atom is 0.0540 e. The second-order valence-corrected chi connectivity index (χ2v) is 10.9. The molecule has 0 N–H and O–H groups in total. The van der Waals surface area contributed by atoms with E-state index in [0.29, 0.717) is 0 Å². The molecule has 1 heteroatoms. The molecule has 0 amide bonds. The van der Waals surface area contributed by atoms with Crippen LogP contribution >= 0.6 is 0 Å². The lowest BCUT2D eigenvalue weighted by molar-refractivity contribution is 0.495. The molecule has 1 nitrogen and oxygen atoms in total. The average molecular weight is 478 g/mol. The molecular weight excluding hydrogens is 446 g/mol. The van der Waals surface area contributed by atoms with Gasteiger partial charge in [-0.3, -0.25) is 0 Å². The van der Waals surface area contributed by atoms with Crippen LogP contribution < -0.4 is 4.90 Å². The molecule has 0 aliphatic heterocycles. The topological polar surface area (TPSA) is 3.24 Å². The first-order valence-electron chi connectivity index (χ1n) is 13.4. The number of anilines is 3. The average Bonchev–Trinajstić information content (AvgIpc) is 3.33. The van der Waals surface area contributed by atoms with Crippen LogP contribution in [0.15, 0.2) is 121 Å². The number of nitrogens with zero attached hydrogens (tertiary/aromatic N) is 1. The molecule has 2 aliphatic rings. The zero-order valence-electron chi connectivity index (χ0n) is 21.5. The third kappa shape index (κ3) is 3.53. The molecule has 180 valence electrons. The lowest BCUT2D eigenvalue weighted by atomic mass is 9.73. The summed E-state index contributed by atoms with van der Waals surface area (Å²) in [6, 6.07) is 42.1. The van der Waals surface area contributed by atoms with E-state index < -0.39 is 0 Å². The second kappa shape index (κ2) is 8.49. The van der Waals surface area contributed by atoms with Gasteiger partial charge in [-0.15, -0.1) is 0 Å². The second-order valence-electron chi connectivity index (χ2n) is 10.9. The molecule has 0 radical (unpaired) electrons. The first-order chi connectivity index (χ1) is 18.1. The number of hydrogen-bond acceptors (Lipinski definition) is 1. The standard InChI is InChI=1S/C36H31N/c1-25-27-21-22-36(2,24-27)34-23-26(17-18-30(25)34)31-19-20-35(33-16-10-9-15-32(31)33)37(28-11-5-3-6-12-28)29-13-7-4-8-14-29/h3-20,23H,21-22,24H2,1-2H3. The summed E-state index contributed by atoms with van der Waals surface area (Å²) in [5.74, 6) is 0. The van der Waals surface area contributed by atoms with Gasteiger partial charge >= 0.3 is 0 Å². The van der Waals surface area contributed by atoms with Gasteiger partial charge in [0, 0.05) is 16.8 Å². The Morgan fingerprint density at radius 1 is 0.649 bits per heavy atom. The van der Waals surface area contributed by atoms with Gasteiger partial charge in [0.05, 0.1) is 5.69 Å². The van der Waals surface area contributed by atoms with Gasteiger partial charge in [-0.25, -0.2) is 0 Å². The molecule has 0 spiro atoms. The van der Waals surface area contributed by atoms with Crippen molar-refractivity contribution in [1.82, 2.24) is 0 Å². The fraction of sp³-hybridized carbons (Fsp3) is 0.167. The highest BCUT2D eigenvalue weighted by Gasteiger charge is 2.39. The Bertz CT molecular complexity index is 1620. The van der Waals surface area contributed by atoms with Gasteiger partial charge in [0.2, 0.25) is 0 Å². The van der Waals surface area contributed by atoms with Crippen molar-refractivity contribution >= 4 is 33.4 Å². The molecular formula is C36H31N. The Balaban J connectivity index is 1.42. The lowest BCUT2D eigenvalue weighted by Gasteiger charge is -2.32. The zero-order chi connectivity index (χ0) is 25.0. The smallest absolute Gasteiger partial charge is 0.0540 e. The Morgan fingerprint density at radius 3 is 1.97 bits per heavy atom. The summed E-state index contributed by atoms with van der Waals surface area (Å²) in [5.41, 5.74) is 12.6. The van der Waals surface area contributed by atoms with Crippen molar-refractivity contribution in [2.45, 2.75) is 38.5 Å². The molecule has 1 unspecified atom stereocenters. The summed E-state index contributed by atoms with van der Waals surface area (Å²) in [4.78, 5) is 2.37. The molecule has 5 aromatic rings. The van der Waals surface area contributed by atoms with E-state index in [2.05, 4.69) is 134 Å². The minimum Gasteiger partial charge on any atom is -0.310 e. The van der Waals surface area contributed by atoms with Crippen LogP contribution in [0, 0.1) is 0 Å². The fourth-order valence-corrected chi connectivity index (χ4v) is 6.66. The van der Waals surface area contributed by atoms with Crippen molar-refractivity contribution < 1.29 is 0 Å². The molecule has 1 atom stereocenters. The van der Waals surface area contributed by atoms with Crippen LogP contribution in [0.4, 0.5) is 17.1 Å². The summed E-state index contributed by atoms with van der Waals surface area (Å²) >= 11 is 0. The molecule has 2 bridgehead atoms.